The standard InChI is InChI=1S/C28H31N2/c1-7-21-13-9-10-14-24(21)28-27-23(16-17-30(28)6)20(5)19(4)22(8-2)26(27)25-15-11-12-18(3)29-25/h7,9-15H,1,8,16-17H2,2-6H3/q+1/p+1. The zero-order valence-electron chi connectivity index (χ0n) is 18.9. The summed E-state index contributed by atoms with van der Waals surface area (Å²) in [6.45, 7) is 14.1. The van der Waals surface area contributed by atoms with Gasteiger partial charge in [-0.15, -0.1) is 0 Å². The molecule has 0 saturated carbocycles. The van der Waals surface area contributed by atoms with Gasteiger partial charge in [-0.25, -0.2) is 9.56 Å². The third-order valence-corrected chi connectivity index (χ3v) is 6.64. The molecule has 0 fully saturated rings. The summed E-state index contributed by atoms with van der Waals surface area (Å²) in [7, 11) is 2.22. The zero-order chi connectivity index (χ0) is 21.4. The molecular weight excluding hydrogens is 364 g/mol. The Morgan fingerprint density at radius 2 is 1.77 bits per heavy atom. The van der Waals surface area contributed by atoms with Crippen molar-refractivity contribution in [3.63, 3.8) is 0 Å². The first kappa shape index (κ1) is 20.3. The van der Waals surface area contributed by atoms with Crippen LogP contribution in [0.3, 0.4) is 0 Å². The molecule has 0 saturated heterocycles. The highest BCUT2D eigenvalue weighted by molar-refractivity contribution is 6.16. The van der Waals surface area contributed by atoms with Crippen LogP contribution in [0.15, 0.2) is 49.0 Å². The predicted octanol–water partition coefficient (Wildman–Crippen LogP) is 5.33. The van der Waals surface area contributed by atoms with Gasteiger partial charge in [0.15, 0.2) is 5.69 Å². The van der Waals surface area contributed by atoms with Crippen LogP contribution in [0, 0.1) is 20.8 Å². The maximum absolute atomic E-state index is 4.09. The van der Waals surface area contributed by atoms with E-state index >= 15 is 0 Å². The van der Waals surface area contributed by atoms with Gasteiger partial charge in [0, 0.05) is 25.5 Å². The number of aromatic nitrogens is 1. The molecule has 3 aromatic rings. The number of hydrogen-bond acceptors (Lipinski definition) is 0. The maximum Gasteiger partial charge on any atom is 0.216 e. The first-order valence-corrected chi connectivity index (χ1v) is 10.9. The molecule has 0 amide bonds. The molecule has 2 heteroatoms. The van der Waals surface area contributed by atoms with Gasteiger partial charge >= 0.3 is 0 Å². The molecule has 0 radical (unpaired) electrons. The SMILES string of the molecule is C=Cc1ccccc1C1=[N+](C)CCc2c(C)c(C)c(CC)c(-c3cccc(C)[nH+]3)c21. The summed E-state index contributed by atoms with van der Waals surface area (Å²) in [4.78, 5) is 3.66. The molecule has 0 aliphatic carbocycles. The molecular formula is C28H32N2+2. The first-order valence-electron chi connectivity index (χ1n) is 10.9. The highest BCUT2D eigenvalue weighted by atomic mass is 15.0. The number of pyridine rings is 1. The summed E-state index contributed by atoms with van der Waals surface area (Å²) >= 11 is 0. The van der Waals surface area contributed by atoms with E-state index in [9.17, 15) is 0 Å². The first-order chi connectivity index (χ1) is 14.5. The van der Waals surface area contributed by atoms with Crippen LogP contribution in [-0.2, 0) is 12.8 Å². The number of aromatic amines is 1. The number of nitrogens with one attached hydrogen (secondary N) is 1. The summed E-state index contributed by atoms with van der Waals surface area (Å²) in [5.41, 5.74) is 14.7. The Labute approximate surface area is 180 Å². The van der Waals surface area contributed by atoms with Gasteiger partial charge in [0.1, 0.15) is 13.6 Å². The van der Waals surface area contributed by atoms with Crippen molar-refractivity contribution >= 4 is 11.8 Å². The molecule has 1 aromatic heterocycles. The van der Waals surface area contributed by atoms with Gasteiger partial charge in [0.2, 0.25) is 11.4 Å². The van der Waals surface area contributed by atoms with E-state index in [0.717, 1.165) is 19.4 Å². The Kier molecular flexibility index (Phi) is 5.42. The molecule has 30 heavy (non-hydrogen) atoms. The molecule has 0 spiro atoms. The molecule has 0 unspecified atom stereocenters. The van der Waals surface area contributed by atoms with Crippen LogP contribution in [-0.4, -0.2) is 23.9 Å². The van der Waals surface area contributed by atoms with Gasteiger partial charge in [-0.3, -0.25) is 0 Å². The number of H-pyrrole nitrogens is 1. The molecule has 2 aromatic carbocycles. The van der Waals surface area contributed by atoms with Crippen molar-refractivity contribution < 1.29 is 9.56 Å². The normalized spacial score (nSPS) is 13.4. The number of nitrogens with zero attached hydrogens (tertiary/aromatic N) is 1. The van der Waals surface area contributed by atoms with E-state index in [2.05, 4.69) is 93.3 Å². The molecule has 1 N–H and O–H groups in total. The average Bonchev–Trinajstić information content (AvgIpc) is 2.75. The second kappa shape index (κ2) is 8.02. The third kappa shape index (κ3) is 3.21. The highest BCUT2D eigenvalue weighted by Gasteiger charge is 2.34. The van der Waals surface area contributed by atoms with Crippen LogP contribution >= 0.6 is 0 Å². The van der Waals surface area contributed by atoms with E-state index in [1.54, 1.807) is 0 Å². The minimum Gasteiger partial charge on any atom is -0.231 e. The highest BCUT2D eigenvalue weighted by Crippen LogP contribution is 2.38. The second-order valence-electron chi connectivity index (χ2n) is 8.37. The number of aryl methyl sites for hydroxylation is 1. The van der Waals surface area contributed by atoms with E-state index in [1.807, 2.05) is 6.08 Å². The molecule has 1 aliphatic heterocycles. The van der Waals surface area contributed by atoms with Gasteiger partial charge in [-0.2, -0.15) is 0 Å². The van der Waals surface area contributed by atoms with Crippen LogP contribution in [0.2, 0.25) is 0 Å². The van der Waals surface area contributed by atoms with E-state index in [0.29, 0.717) is 0 Å². The van der Waals surface area contributed by atoms with Crippen molar-refractivity contribution in [2.24, 2.45) is 0 Å². The lowest BCUT2D eigenvalue weighted by molar-refractivity contribution is -0.497. The summed E-state index contributed by atoms with van der Waals surface area (Å²) in [5, 5.41) is 0. The van der Waals surface area contributed by atoms with Crippen molar-refractivity contribution in [3.8, 4) is 11.3 Å². The third-order valence-electron chi connectivity index (χ3n) is 6.64. The summed E-state index contributed by atoms with van der Waals surface area (Å²) in [6, 6.07) is 15.1. The minimum absolute atomic E-state index is 1.01. The van der Waals surface area contributed by atoms with Crippen LogP contribution in [0.1, 0.15) is 51.6 Å². The number of benzene rings is 2. The fourth-order valence-corrected chi connectivity index (χ4v) is 4.99. The number of fused-ring (bicyclic) bond motifs is 1. The molecule has 2 heterocycles. The van der Waals surface area contributed by atoms with Crippen LogP contribution < -0.4 is 4.98 Å². The molecule has 0 atom stereocenters. The predicted molar refractivity (Wildman–Crippen MR) is 127 cm³/mol. The monoisotopic (exact) mass is 396 g/mol. The summed E-state index contributed by atoms with van der Waals surface area (Å²) < 4.78 is 2.43. The van der Waals surface area contributed by atoms with Gasteiger partial charge in [0.05, 0.1) is 16.7 Å². The van der Waals surface area contributed by atoms with Crippen molar-refractivity contribution in [2.45, 2.75) is 40.5 Å². The Hall–Kier alpha value is -3.00. The number of hydrogen-bond donors (Lipinski definition) is 0. The largest absolute Gasteiger partial charge is 0.231 e. The fourth-order valence-electron chi connectivity index (χ4n) is 4.99. The smallest absolute Gasteiger partial charge is 0.216 e. The van der Waals surface area contributed by atoms with Gasteiger partial charge in [-0.1, -0.05) is 37.8 Å². The molecule has 1 aliphatic rings. The van der Waals surface area contributed by atoms with Gasteiger partial charge in [0.25, 0.3) is 0 Å². The lowest BCUT2D eigenvalue weighted by Gasteiger charge is -2.25. The molecule has 152 valence electrons. The Bertz CT molecular complexity index is 1180. The van der Waals surface area contributed by atoms with E-state index in [4.69, 9.17) is 0 Å². The average molecular weight is 397 g/mol. The zero-order valence-corrected chi connectivity index (χ0v) is 18.9. The van der Waals surface area contributed by atoms with Gasteiger partial charge in [-0.05, 0) is 60.2 Å². The summed E-state index contributed by atoms with van der Waals surface area (Å²) in [6.07, 6.45) is 4.06. The van der Waals surface area contributed by atoms with Crippen LogP contribution in [0.5, 0.6) is 0 Å². The van der Waals surface area contributed by atoms with Crippen molar-refractivity contribution in [3.05, 3.63) is 93.7 Å². The van der Waals surface area contributed by atoms with Crippen molar-refractivity contribution in [2.75, 3.05) is 13.6 Å². The second-order valence-corrected chi connectivity index (χ2v) is 8.37. The van der Waals surface area contributed by atoms with E-state index in [1.165, 1.54) is 61.6 Å². The maximum atomic E-state index is 4.09. The topological polar surface area (TPSA) is 17.1 Å². The Balaban J connectivity index is 2.17. The number of likely N-dealkylation sites (N-methyl/N-ethyl adjacent to an activating group) is 1. The van der Waals surface area contributed by atoms with Gasteiger partial charge < -0.3 is 0 Å². The Morgan fingerprint density at radius 1 is 1.00 bits per heavy atom. The lowest BCUT2D eigenvalue weighted by atomic mass is 9.79. The quantitative estimate of drug-likeness (QED) is 0.530. The Morgan fingerprint density at radius 3 is 2.47 bits per heavy atom. The lowest BCUT2D eigenvalue weighted by Crippen LogP contribution is -2.31. The number of rotatable bonds is 4. The van der Waals surface area contributed by atoms with Crippen molar-refractivity contribution in [1.82, 2.24) is 0 Å². The van der Waals surface area contributed by atoms with E-state index in [-0.39, 0.29) is 0 Å². The molecule has 0 bridgehead atoms. The van der Waals surface area contributed by atoms with E-state index < -0.39 is 0 Å². The minimum atomic E-state index is 1.01. The fraction of sp³-hybridized carbons (Fsp3) is 0.286. The van der Waals surface area contributed by atoms with Crippen LogP contribution in [0.25, 0.3) is 17.3 Å². The summed E-state index contributed by atoms with van der Waals surface area (Å²) in [5.74, 6) is 0. The van der Waals surface area contributed by atoms with Crippen LogP contribution in [0.4, 0.5) is 0 Å². The molecule has 2 nitrogen and oxygen atoms in total. The molecule has 4 rings (SSSR count). The van der Waals surface area contributed by atoms with Crippen molar-refractivity contribution in [1.29, 1.82) is 0 Å².